The van der Waals surface area contributed by atoms with Gasteiger partial charge in [-0.3, -0.25) is 0 Å². The van der Waals surface area contributed by atoms with Crippen molar-refractivity contribution in [1.82, 2.24) is 0 Å². The predicted octanol–water partition coefficient (Wildman–Crippen LogP) is 5.87. The van der Waals surface area contributed by atoms with Crippen LogP contribution in [0.15, 0.2) is 24.3 Å². The van der Waals surface area contributed by atoms with Crippen molar-refractivity contribution in [3.05, 3.63) is 24.3 Å². The van der Waals surface area contributed by atoms with Crippen LogP contribution in [-0.4, -0.2) is 5.88 Å². The van der Waals surface area contributed by atoms with Gasteiger partial charge < -0.3 is 0 Å². The Balaban J connectivity index is 3.12. The molecule has 0 unspecified atom stereocenters. The minimum atomic E-state index is 0.822. The monoisotopic (exact) mass is 242 g/mol. The number of alkyl halides is 1. The molecule has 0 rings (SSSR count). The van der Waals surface area contributed by atoms with Gasteiger partial charge in [-0.2, -0.15) is 0 Å². The maximum atomic E-state index is 5.62. The molecule has 0 aromatic carbocycles. The number of hydrogen-bond donors (Lipinski definition) is 0. The summed E-state index contributed by atoms with van der Waals surface area (Å²) < 4.78 is 0. The molecule has 0 amide bonds. The van der Waals surface area contributed by atoms with E-state index in [-0.39, 0.29) is 0 Å². The first-order valence-electron chi connectivity index (χ1n) is 6.79. The van der Waals surface area contributed by atoms with Gasteiger partial charge >= 0.3 is 0 Å². The Bertz CT molecular complexity index is 170. The highest BCUT2D eigenvalue weighted by molar-refractivity contribution is 6.17. The third-order valence-corrected chi connectivity index (χ3v) is 2.88. The third kappa shape index (κ3) is 13.8. The fourth-order valence-electron chi connectivity index (χ4n) is 1.56. The Kier molecular flexibility index (Phi) is 14.6. The lowest BCUT2D eigenvalue weighted by atomic mass is 10.1. The lowest BCUT2D eigenvalue weighted by molar-refractivity contribution is 0.639. The summed E-state index contributed by atoms with van der Waals surface area (Å²) >= 11 is 5.62. The van der Waals surface area contributed by atoms with Gasteiger partial charge in [-0.25, -0.2) is 0 Å². The average molecular weight is 243 g/mol. The summed E-state index contributed by atoms with van der Waals surface area (Å²) in [6.07, 6.45) is 20.4. The fraction of sp³-hybridized carbons (Fsp3) is 0.733. The molecule has 0 bridgehead atoms. The number of hydrogen-bond acceptors (Lipinski definition) is 0. The predicted molar refractivity (Wildman–Crippen MR) is 76.2 cm³/mol. The zero-order valence-electron chi connectivity index (χ0n) is 10.8. The topological polar surface area (TPSA) is 0 Å². The van der Waals surface area contributed by atoms with Crippen LogP contribution >= 0.6 is 11.6 Å². The highest BCUT2D eigenvalue weighted by atomic mass is 35.5. The van der Waals surface area contributed by atoms with Gasteiger partial charge in [0.25, 0.3) is 0 Å². The maximum Gasteiger partial charge on any atom is 0.0223 e. The lowest BCUT2D eigenvalue weighted by Crippen LogP contribution is -1.79. The van der Waals surface area contributed by atoms with Gasteiger partial charge in [0, 0.05) is 5.88 Å². The van der Waals surface area contributed by atoms with Crippen LogP contribution < -0.4 is 0 Å². The van der Waals surface area contributed by atoms with Crippen LogP contribution in [0, 0.1) is 0 Å². The summed E-state index contributed by atoms with van der Waals surface area (Å²) in [6.45, 7) is 2.23. The van der Waals surface area contributed by atoms with Gasteiger partial charge in [0.2, 0.25) is 0 Å². The molecule has 0 fully saturated rings. The molecule has 0 aromatic rings. The van der Waals surface area contributed by atoms with E-state index in [0.29, 0.717) is 0 Å². The Hall–Kier alpha value is -0.230. The Labute approximate surface area is 107 Å². The zero-order chi connectivity index (χ0) is 11.9. The first-order valence-corrected chi connectivity index (χ1v) is 7.33. The van der Waals surface area contributed by atoms with E-state index in [0.717, 1.165) is 5.88 Å². The highest BCUT2D eigenvalue weighted by Gasteiger charge is 1.87. The number of unbranched alkanes of at least 4 members (excludes halogenated alkanes) is 7. The average Bonchev–Trinajstić information content (AvgIpc) is 2.31. The van der Waals surface area contributed by atoms with Crippen LogP contribution in [-0.2, 0) is 0 Å². The van der Waals surface area contributed by atoms with Crippen molar-refractivity contribution in [2.45, 2.75) is 64.7 Å². The van der Waals surface area contributed by atoms with Crippen molar-refractivity contribution in [2.75, 3.05) is 5.88 Å². The van der Waals surface area contributed by atoms with E-state index in [1.54, 1.807) is 0 Å². The summed E-state index contributed by atoms with van der Waals surface area (Å²) in [5.41, 5.74) is 0. The van der Waals surface area contributed by atoms with Crippen LogP contribution in [0.1, 0.15) is 64.7 Å². The zero-order valence-corrected chi connectivity index (χ0v) is 11.5. The van der Waals surface area contributed by atoms with Crippen LogP contribution in [0.25, 0.3) is 0 Å². The Morgan fingerprint density at radius 3 is 1.94 bits per heavy atom. The first kappa shape index (κ1) is 15.8. The van der Waals surface area contributed by atoms with Crippen molar-refractivity contribution in [2.24, 2.45) is 0 Å². The highest BCUT2D eigenvalue weighted by Crippen LogP contribution is 2.06. The van der Waals surface area contributed by atoms with E-state index in [9.17, 15) is 0 Å². The molecule has 0 aliphatic carbocycles. The molecule has 0 aliphatic heterocycles. The van der Waals surface area contributed by atoms with E-state index >= 15 is 0 Å². The van der Waals surface area contributed by atoms with Crippen LogP contribution in [0.2, 0.25) is 0 Å². The minimum absolute atomic E-state index is 0.822. The summed E-state index contributed by atoms with van der Waals surface area (Å²) in [5.74, 6) is 0.822. The first-order chi connectivity index (χ1) is 7.91. The molecule has 0 heterocycles. The smallest absolute Gasteiger partial charge is 0.0223 e. The second-order valence-corrected chi connectivity index (χ2v) is 4.62. The molecule has 0 nitrogen and oxygen atoms in total. The van der Waals surface area contributed by atoms with E-state index in [4.69, 9.17) is 11.6 Å². The number of halogens is 1. The fourth-order valence-corrected chi connectivity index (χ4v) is 1.75. The summed E-state index contributed by atoms with van der Waals surface area (Å²) in [4.78, 5) is 0. The number of rotatable bonds is 11. The molecule has 0 saturated carbocycles. The van der Waals surface area contributed by atoms with Crippen LogP contribution in [0.5, 0.6) is 0 Å². The molecule has 0 atom stereocenters. The second kappa shape index (κ2) is 14.8. The molecule has 16 heavy (non-hydrogen) atoms. The Morgan fingerprint density at radius 2 is 1.31 bits per heavy atom. The molecule has 0 N–H and O–H groups in total. The van der Waals surface area contributed by atoms with E-state index < -0.39 is 0 Å². The molecule has 94 valence electrons. The minimum Gasteiger partial charge on any atom is -0.127 e. The number of allylic oxidation sites excluding steroid dienone is 4. The second-order valence-electron chi connectivity index (χ2n) is 4.24. The van der Waals surface area contributed by atoms with Crippen LogP contribution in [0.4, 0.5) is 0 Å². The van der Waals surface area contributed by atoms with Gasteiger partial charge in [-0.1, -0.05) is 63.3 Å². The quantitative estimate of drug-likeness (QED) is 0.242. The normalized spacial score (nSPS) is 11.9. The standard InChI is InChI=1S/C15H27Cl/c1-2-3-4-5-6-7-8-9-10-11-12-13-14-15-16/h5-8H,2-4,9-15H2,1H3/b6-5+,8-7-. The van der Waals surface area contributed by atoms with Crippen molar-refractivity contribution in [1.29, 1.82) is 0 Å². The molecular formula is C15H27Cl. The molecule has 0 radical (unpaired) electrons. The molecular weight excluding hydrogens is 216 g/mol. The molecule has 0 aromatic heterocycles. The van der Waals surface area contributed by atoms with Crippen LogP contribution in [0.3, 0.4) is 0 Å². The summed E-state index contributed by atoms with van der Waals surface area (Å²) in [7, 11) is 0. The van der Waals surface area contributed by atoms with E-state index in [1.165, 1.54) is 57.8 Å². The van der Waals surface area contributed by atoms with E-state index in [2.05, 4.69) is 31.2 Å². The summed E-state index contributed by atoms with van der Waals surface area (Å²) in [5, 5.41) is 0. The van der Waals surface area contributed by atoms with Crippen molar-refractivity contribution in [3.63, 3.8) is 0 Å². The van der Waals surface area contributed by atoms with Crippen molar-refractivity contribution >= 4 is 11.6 Å². The lowest BCUT2D eigenvalue weighted by Gasteiger charge is -1.96. The largest absolute Gasteiger partial charge is 0.127 e. The van der Waals surface area contributed by atoms with Gasteiger partial charge in [0.05, 0.1) is 0 Å². The van der Waals surface area contributed by atoms with Gasteiger partial charge in [-0.05, 0) is 25.7 Å². The third-order valence-electron chi connectivity index (χ3n) is 2.61. The SMILES string of the molecule is CCCC/C=C/C=C\CCCCCCCCl. The molecule has 1 heteroatoms. The van der Waals surface area contributed by atoms with Crippen molar-refractivity contribution < 1.29 is 0 Å². The summed E-state index contributed by atoms with van der Waals surface area (Å²) in [6, 6.07) is 0. The maximum absolute atomic E-state index is 5.62. The van der Waals surface area contributed by atoms with Crippen molar-refractivity contribution in [3.8, 4) is 0 Å². The molecule has 0 aliphatic rings. The Morgan fingerprint density at radius 1 is 0.750 bits per heavy atom. The molecule has 0 spiro atoms. The van der Waals surface area contributed by atoms with E-state index in [1.807, 2.05) is 0 Å². The molecule has 0 saturated heterocycles. The van der Waals surface area contributed by atoms with Gasteiger partial charge in [0.1, 0.15) is 0 Å². The van der Waals surface area contributed by atoms with Gasteiger partial charge in [-0.15, -0.1) is 11.6 Å². The van der Waals surface area contributed by atoms with Gasteiger partial charge in [0.15, 0.2) is 0 Å².